The van der Waals surface area contributed by atoms with Crippen LogP contribution in [-0.2, 0) is 4.74 Å². The molecular formula is C16H25N3O3. The molecule has 1 aromatic heterocycles. The van der Waals surface area contributed by atoms with E-state index in [9.17, 15) is 9.59 Å². The molecule has 1 aliphatic carbocycles. The number of hydrogen-bond acceptors (Lipinski definition) is 3. The van der Waals surface area contributed by atoms with Gasteiger partial charge in [0.05, 0.1) is 0 Å². The van der Waals surface area contributed by atoms with E-state index in [1.807, 2.05) is 20.8 Å². The minimum atomic E-state index is -0.499. The van der Waals surface area contributed by atoms with Gasteiger partial charge in [-0.25, -0.2) is 4.79 Å². The van der Waals surface area contributed by atoms with Gasteiger partial charge in [0, 0.05) is 18.8 Å². The molecule has 2 rings (SSSR count). The summed E-state index contributed by atoms with van der Waals surface area (Å²) >= 11 is 0. The van der Waals surface area contributed by atoms with E-state index in [1.54, 1.807) is 18.3 Å². The van der Waals surface area contributed by atoms with Crippen molar-refractivity contribution in [1.82, 2.24) is 15.6 Å². The SMILES string of the molecule is CC(C)(C)OC(=O)NC[C@H]1CCC[C@@H]1NC(=O)c1ccc[nH]1. The van der Waals surface area contributed by atoms with Gasteiger partial charge >= 0.3 is 6.09 Å². The number of carbonyl (C=O) groups is 2. The van der Waals surface area contributed by atoms with Gasteiger partial charge in [-0.3, -0.25) is 4.79 Å². The average molecular weight is 307 g/mol. The van der Waals surface area contributed by atoms with Crippen molar-refractivity contribution >= 4 is 12.0 Å². The number of carbonyl (C=O) groups excluding carboxylic acids is 2. The lowest BCUT2D eigenvalue weighted by atomic mass is 10.0. The minimum absolute atomic E-state index is 0.0886. The molecular weight excluding hydrogens is 282 g/mol. The second-order valence-corrected chi connectivity index (χ2v) is 6.74. The molecule has 6 heteroatoms. The largest absolute Gasteiger partial charge is 0.444 e. The van der Waals surface area contributed by atoms with Gasteiger partial charge in [0.2, 0.25) is 0 Å². The van der Waals surface area contributed by atoms with Crippen LogP contribution in [0.25, 0.3) is 0 Å². The Morgan fingerprint density at radius 2 is 2.14 bits per heavy atom. The van der Waals surface area contributed by atoms with E-state index in [2.05, 4.69) is 15.6 Å². The van der Waals surface area contributed by atoms with Crippen LogP contribution in [-0.4, -0.2) is 35.2 Å². The Bertz CT molecular complexity index is 505. The smallest absolute Gasteiger partial charge is 0.407 e. The second-order valence-electron chi connectivity index (χ2n) is 6.74. The van der Waals surface area contributed by atoms with Crippen LogP contribution in [0.3, 0.4) is 0 Å². The molecule has 0 aliphatic heterocycles. The van der Waals surface area contributed by atoms with Crippen molar-refractivity contribution in [2.75, 3.05) is 6.54 Å². The number of rotatable bonds is 4. The molecule has 0 bridgehead atoms. The van der Waals surface area contributed by atoms with Gasteiger partial charge in [-0.05, 0) is 51.7 Å². The zero-order chi connectivity index (χ0) is 16.2. The van der Waals surface area contributed by atoms with Crippen LogP contribution in [0.4, 0.5) is 4.79 Å². The predicted octanol–water partition coefficient (Wildman–Crippen LogP) is 2.44. The lowest BCUT2D eigenvalue weighted by molar-refractivity contribution is 0.0517. The first kappa shape index (κ1) is 16.4. The van der Waals surface area contributed by atoms with E-state index in [-0.39, 0.29) is 17.9 Å². The van der Waals surface area contributed by atoms with Crippen molar-refractivity contribution in [3.63, 3.8) is 0 Å². The number of aromatic amines is 1. The van der Waals surface area contributed by atoms with Crippen LogP contribution < -0.4 is 10.6 Å². The molecule has 0 radical (unpaired) electrons. The number of alkyl carbamates (subject to hydrolysis) is 1. The summed E-state index contributed by atoms with van der Waals surface area (Å²) in [5.41, 5.74) is 0.0619. The molecule has 0 spiro atoms. The molecule has 2 atom stereocenters. The van der Waals surface area contributed by atoms with Gasteiger partial charge in [0.25, 0.3) is 5.91 Å². The Morgan fingerprint density at radius 1 is 1.36 bits per heavy atom. The van der Waals surface area contributed by atoms with E-state index in [0.717, 1.165) is 19.3 Å². The van der Waals surface area contributed by atoms with Gasteiger partial charge < -0.3 is 20.4 Å². The summed E-state index contributed by atoms with van der Waals surface area (Å²) in [6, 6.07) is 3.63. The Kier molecular flexibility index (Phi) is 5.11. The minimum Gasteiger partial charge on any atom is -0.444 e. The standard InChI is InChI=1S/C16H25N3O3/c1-16(2,3)22-15(21)18-10-11-6-4-7-12(11)19-14(20)13-8-5-9-17-13/h5,8-9,11-12,17H,4,6-7,10H2,1-3H3,(H,18,21)(H,19,20)/t11-,12+/m1/s1. The Hall–Kier alpha value is -1.98. The highest BCUT2D eigenvalue weighted by molar-refractivity contribution is 5.92. The Labute approximate surface area is 131 Å². The van der Waals surface area contributed by atoms with Crippen LogP contribution in [0.1, 0.15) is 50.5 Å². The highest BCUT2D eigenvalue weighted by Gasteiger charge is 2.29. The zero-order valence-electron chi connectivity index (χ0n) is 13.4. The molecule has 1 heterocycles. The monoisotopic (exact) mass is 307 g/mol. The van der Waals surface area contributed by atoms with Crippen LogP contribution in [0.5, 0.6) is 0 Å². The van der Waals surface area contributed by atoms with Crippen molar-refractivity contribution in [3.8, 4) is 0 Å². The van der Waals surface area contributed by atoms with E-state index in [1.165, 1.54) is 0 Å². The van der Waals surface area contributed by atoms with E-state index in [4.69, 9.17) is 4.74 Å². The van der Waals surface area contributed by atoms with Crippen LogP contribution in [0.2, 0.25) is 0 Å². The summed E-state index contributed by atoms with van der Waals surface area (Å²) in [4.78, 5) is 26.7. The molecule has 22 heavy (non-hydrogen) atoms. The summed E-state index contributed by atoms with van der Waals surface area (Å²) in [5, 5.41) is 5.84. The zero-order valence-corrected chi connectivity index (χ0v) is 13.4. The van der Waals surface area contributed by atoms with Gasteiger partial charge in [0.1, 0.15) is 11.3 Å². The quantitative estimate of drug-likeness (QED) is 0.799. The number of nitrogens with one attached hydrogen (secondary N) is 3. The van der Waals surface area contributed by atoms with Crippen LogP contribution >= 0.6 is 0 Å². The normalized spacial score (nSPS) is 21.4. The maximum Gasteiger partial charge on any atom is 0.407 e. The highest BCUT2D eigenvalue weighted by atomic mass is 16.6. The molecule has 2 amide bonds. The first-order valence-electron chi connectivity index (χ1n) is 7.76. The first-order valence-corrected chi connectivity index (χ1v) is 7.76. The number of hydrogen-bond donors (Lipinski definition) is 3. The maximum absolute atomic E-state index is 12.1. The third-order valence-corrected chi connectivity index (χ3v) is 3.73. The third-order valence-electron chi connectivity index (χ3n) is 3.73. The number of ether oxygens (including phenoxy) is 1. The summed E-state index contributed by atoms with van der Waals surface area (Å²) < 4.78 is 5.23. The summed E-state index contributed by atoms with van der Waals surface area (Å²) in [6.07, 6.45) is 4.30. The van der Waals surface area contributed by atoms with Gasteiger partial charge in [-0.2, -0.15) is 0 Å². The average Bonchev–Trinajstić information content (AvgIpc) is 3.05. The van der Waals surface area contributed by atoms with Crippen molar-refractivity contribution < 1.29 is 14.3 Å². The summed E-state index contributed by atoms with van der Waals surface area (Å²) in [6.45, 7) is 6.02. The molecule has 6 nitrogen and oxygen atoms in total. The van der Waals surface area contributed by atoms with E-state index < -0.39 is 11.7 Å². The van der Waals surface area contributed by atoms with Crippen molar-refractivity contribution in [2.45, 2.75) is 51.7 Å². The van der Waals surface area contributed by atoms with Crippen molar-refractivity contribution in [2.24, 2.45) is 5.92 Å². The van der Waals surface area contributed by atoms with E-state index >= 15 is 0 Å². The van der Waals surface area contributed by atoms with Gasteiger partial charge in [-0.15, -0.1) is 0 Å². The van der Waals surface area contributed by atoms with E-state index in [0.29, 0.717) is 12.2 Å². The second kappa shape index (κ2) is 6.85. The number of amides is 2. The summed E-state index contributed by atoms with van der Waals surface area (Å²) in [5.74, 6) is 0.144. The fourth-order valence-electron chi connectivity index (χ4n) is 2.72. The maximum atomic E-state index is 12.1. The molecule has 0 aromatic carbocycles. The number of aromatic nitrogens is 1. The molecule has 1 aliphatic rings. The predicted molar refractivity (Wildman–Crippen MR) is 83.6 cm³/mol. The lowest BCUT2D eigenvalue weighted by Crippen LogP contribution is -2.43. The van der Waals surface area contributed by atoms with Gasteiger partial charge in [-0.1, -0.05) is 6.42 Å². The van der Waals surface area contributed by atoms with Crippen LogP contribution in [0, 0.1) is 5.92 Å². The highest BCUT2D eigenvalue weighted by Crippen LogP contribution is 2.25. The Morgan fingerprint density at radius 3 is 2.77 bits per heavy atom. The molecule has 1 fully saturated rings. The van der Waals surface area contributed by atoms with Crippen molar-refractivity contribution in [3.05, 3.63) is 24.0 Å². The topological polar surface area (TPSA) is 83.2 Å². The van der Waals surface area contributed by atoms with Gasteiger partial charge in [0.15, 0.2) is 0 Å². The fraction of sp³-hybridized carbons (Fsp3) is 0.625. The fourth-order valence-corrected chi connectivity index (χ4v) is 2.72. The van der Waals surface area contributed by atoms with Crippen LogP contribution in [0.15, 0.2) is 18.3 Å². The molecule has 3 N–H and O–H groups in total. The first-order chi connectivity index (χ1) is 10.3. The molecule has 0 unspecified atom stereocenters. The molecule has 1 saturated carbocycles. The lowest BCUT2D eigenvalue weighted by Gasteiger charge is -2.23. The van der Waals surface area contributed by atoms with Crippen molar-refractivity contribution in [1.29, 1.82) is 0 Å². The molecule has 0 saturated heterocycles. The number of H-pyrrole nitrogens is 1. The summed E-state index contributed by atoms with van der Waals surface area (Å²) in [7, 11) is 0. The molecule has 1 aromatic rings. The molecule has 122 valence electrons. The Balaban J connectivity index is 1.81. The third kappa shape index (κ3) is 4.79.